The second kappa shape index (κ2) is 6.75. The number of hydrogen-bond acceptors (Lipinski definition) is 3. The maximum absolute atomic E-state index is 12.8. The van der Waals surface area contributed by atoms with Crippen molar-refractivity contribution < 1.29 is 9.90 Å². The predicted molar refractivity (Wildman–Crippen MR) is 81.1 cm³/mol. The van der Waals surface area contributed by atoms with E-state index in [-0.39, 0.29) is 18.6 Å². The van der Waals surface area contributed by atoms with E-state index in [1.165, 1.54) is 12.8 Å². The molecule has 1 aromatic rings. The third-order valence-corrected chi connectivity index (χ3v) is 4.04. The highest BCUT2D eigenvalue weighted by Crippen LogP contribution is 2.27. The zero-order valence-corrected chi connectivity index (χ0v) is 12.4. The van der Waals surface area contributed by atoms with Gasteiger partial charge in [-0.05, 0) is 31.9 Å². The lowest BCUT2D eigenvalue weighted by atomic mass is 10.1. The molecular weight excluding hydrogens is 252 g/mol. The van der Waals surface area contributed by atoms with Crippen molar-refractivity contribution in [3.05, 3.63) is 29.3 Å². The van der Waals surface area contributed by atoms with Crippen LogP contribution in [0.2, 0.25) is 0 Å². The summed E-state index contributed by atoms with van der Waals surface area (Å²) in [6.45, 7) is 2.42. The molecule has 0 radical (unpaired) electrons. The molecule has 1 aromatic carbocycles. The summed E-state index contributed by atoms with van der Waals surface area (Å²) in [5.41, 5.74) is 2.62. The summed E-state index contributed by atoms with van der Waals surface area (Å²) in [6, 6.07) is 6.14. The fraction of sp³-hybridized carbons (Fsp3) is 0.562. The zero-order chi connectivity index (χ0) is 14.5. The van der Waals surface area contributed by atoms with E-state index in [9.17, 15) is 9.90 Å². The number of benzene rings is 1. The van der Waals surface area contributed by atoms with Crippen molar-refractivity contribution in [2.75, 3.05) is 25.5 Å². The Morgan fingerprint density at radius 2 is 2.10 bits per heavy atom. The van der Waals surface area contributed by atoms with Gasteiger partial charge in [-0.2, -0.15) is 0 Å². The fourth-order valence-corrected chi connectivity index (χ4v) is 2.98. The predicted octanol–water partition coefficient (Wildman–Crippen LogP) is 2.41. The molecule has 1 amide bonds. The lowest BCUT2D eigenvalue weighted by Crippen LogP contribution is -2.41. The van der Waals surface area contributed by atoms with Gasteiger partial charge < -0.3 is 15.3 Å². The fourth-order valence-electron chi connectivity index (χ4n) is 2.98. The maximum atomic E-state index is 12.8. The number of nitrogens with one attached hydrogen (secondary N) is 1. The third-order valence-electron chi connectivity index (χ3n) is 4.04. The first kappa shape index (κ1) is 14.9. The van der Waals surface area contributed by atoms with E-state index < -0.39 is 0 Å². The highest BCUT2D eigenvalue weighted by Gasteiger charge is 2.28. The van der Waals surface area contributed by atoms with Crippen LogP contribution >= 0.6 is 0 Å². The van der Waals surface area contributed by atoms with E-state index in [0.29, 0.717) is 12.1 Å². The molecule has 0 atom stereocenters. The minimum Gasteiger partial charge on any atom is -0.395 e. The minimum absolute atomic E-state index is 0.0168. The van der Waals surface area contributed by atoms with Gasteiger partial charge in [0.2, 0.25) is 0 Å². The number of amides is 1. The third kappa shape index (κ3) is 3.12. The summed E-state index contributed by atoms with van der Waals surface area (Å²) < 4.78 is 0. The van der Waals surface area contributed by atoms with Gasteiger partial charge in [0.05, 0.1) is 12.2 Å². The van der Waals surface area contributed by atoms with E-state index >= 15 is 0 Å². The minimum atomic E-state index is 0.0168. The van der Waals surface area contributed by atoms with Crippen molar-refractivity contribution in [1.29, 1.82) is 0 Å². The molecule has 0 unspecified atom stereocenters. The van der Waals surface area contributed by atoms with Crippen LogP contribution in [0.5, 0.6) is 0 Å². The van der Waals surface area contributed by atoms with Crippen LogP contribution in [0.3, 0.4) is 0 Å². The number of nitrogens with zero attached hydrogens (tertiary/aromatic N) is 1. The molecule has 1 aliphatic carbocycles. The van der Waals surface area contributed by atoms with Crippen molar-refractivity contribution >= 4 is 11.6 Å². The van der Waals surface area contributed by atoms with Gasteiger partial charge in [0.15, 0.2) is 0 Å². The number of rotatable bonds is 5. The van der Waals surface area contributed by atoms with Crippen molar-refractivity contribution in [3.8, 4) is 0 Å². The van der Waals surface area contributed by atoms with E-state index in [0.717, 1.165) is 24.1 Å². The number of hydrogen-bond donors (Lipinski definition) is 2. The van der Waals surface area contributed by atoms with Crippen LogP contribution in [-0.2, 0) is 0 Å². The van der Waals surface area contributed by atoms with Crippen molar-refractivity contribution in [2.45, 2.75) is 38.6 Å². The molecule has 0 spiro atoms. The Balaban J connectivity index is 2.28. The Morgan fingerprint density at radius 1 is 1.40 bits per heavy atom. The van der Waals surface area contributed by atoms with Gasteiger partial charge in [0.1, 0.15) is 0 Å². The van der Waals surface area contributed by atoms with Crippen molar-refractivity contribution in [3.63, 3.8) is 0 Å². The molecule has 1 saturated carbocycles. The molecule has 0 aliphatic heterocycles. The van der Waals surface area contributed by atoms with E-state index in [4.69, 9.17) is 0 Å². The topological polar surface area (TPSA) is 52.6 Å². The van der Waals surface area contributed by atoms with Crippen molar-refractivity contribution in [1.82, 2.24) is 4.90 Å². The van der Waals surface area contributed by atoms with Gasteiger partial charge in [-0.25, -0.2) is 0 Å². The molecule has 0 aromatic heterocycles. The van der Waals surface area contributed by atoms with Crippen LogP contribution < -0.4 is 5.32 Å². The second-order valence-electron chi connectivity index (χ2n) is 5.46. The van der Waals surface area contributed by atoms with Crippen LogP contribution in [-0.4, -0.2) is 42.2 Å². The number of aliphatic hydroxyl groups excluding tert-OH is 1. The van der Waals surface area contributed by atoms with Crippen LogP contribution in [0, 0.1) is 6.92 Å². The summed E-state index contributed by atoms with van der Waals surface area (Å²) in [7, 11) is 1.83. The van der Waals surface area contributed by atoms with E-state index in [1.807, 2.05) is 37.1 Å². The SMILES string of the molecule is CNc1ccc(C)cc1C(=O)N(CCO)C1CCCC1. The molecule has 0 saturated heterocycles. The lowest BCUT2D eigenvalue weighted by molar-refractivity contribution is 0.0639. The molecule has 2 rings (SSSR count). The van der Waals surface area contributed by atoms with Crippen LogP contribution in [0.15, 0.2) is 18.2 Å². The average molecular weight is 276 g/mol. The summed E-state index contributed by atoms with van der Waals surface area (Å²) >= 11 is 0. The molecule has 0 bridgehead atoms. The largest absolute Gasteiger partial charge is 0.395 e. The molecule has 2 N–H and O–H groups in total. The number of carbonyl (C=O) groups is 1. The number of aliphatic hydroxyl groups is 1. The Kier molecular flexibility index (Phi) is 5.01. The van der Waals surface area contributed by atoms with Gasteiger partial charge in [-0.1, -0.05) is 24.5 Å². The van der Waals surface area contributed by atoms with Crippen molar-refractivity contribution in [2.24, 2.45) is 0 Å². The van der Waals surface area contributed by atoms with Gasteiger partial charge >= 0.3 is 0 Å². The van der Waals surface area contributed by atoms with Gasteiger partial charge in [0, 0.05) is 25.3 Å². The highest BCUT2D eigenvalue weighted by atomic mass is 16.3. The molecule has 1 fully saturated rings. The number of anilines is 1. The molecule has 20 heavy (non-hydrogen) atoms. The Bertz CT molecular complexity index is 468. The van der Waals surface area contributed by atoms with E-state index in [1.54, 1.807) is 0 Å². The summed E-state index contributed by atoms with van der Waals surface area (Å²) in [4.78, 5) is 14.7. The summed E-state index contributed by atoms with van der Waals surface area (Å²) in [5.74, 6) is 0.0269. The standard InChI is InChI=1S/C16H24N2O2/c1-12-7-8-15(17-2)14(11-12)16(20)18(9-10-19)13-5-3-4-6-13/h7-8,11,13,17,19H,3-6,9-10H2,1-2H3. The summed E-state index contributed by atoms with van der Waals surface area (Å²) in [5, 5.41) is 12.3. The first-order chi connectivity index (χ1) is 9.67. The van der Waals surface area contributed by atoms with E-state index in [2.05, 4.69) is 5.32 Å². The average Bonchev–Trinajstić information content (AvgIpc) is 2.98. The number of aryl methyl sites for hydroxylation is 1. The first-order valence-electron chi connectivity index (χ1n) is 7.37. The Morgan fingerprint density at radius 3 is 2.70 bits per heavy atom. The van der Waals surface area contributed by atoms with Crippen LogP contribution in [0.1, 0.15) is 41.6 Å². The molecule has 4 heteroatoms. The van der Waals surface area contributed by atoms with Gasteiger partial charge in [0.25, 0.3) is 5.91 Å². The Hall–Kier alpha value is -1.55. The van der Waals surface area contributed by atoms with Crippen LogP contribution in [0.4, 0.5) is 5.69 Å². The Labute approximate surface area is 120 Å². The normalized spacial score (nSPS) is 15.3. The van der Waals surface area contributed by atoms with Gasteiger partial charge in [-0.3, -0.25) is 4.79 Å². The summed E-state index contributed by atoms with van der Waals surface area (Å²) in [6.07, 6.45) is 4.44. The smallest absolute Gasteiger partial charge is 0.256 e. The first-order valence-corrected chi connectivity index (χ1v) is 7.37. The second-order valence-corrected chi connectivity index (χ2v) is 5.46. The quantitative estimate of drug-likeness (QED) is 0.868. The maximum Gasteiger partial charge on any atom is 0.256 e. The number of carbonyl (C=O) groups excluding carboxylic acids is 1. The lowest BCUT2D eigenvalue weighted by Gasteiger charge is -2.29. The molecular formula is C16H24N2O2. The highest BCUT2D eigenvalue weighted by molar-refractivity contribution is 6.00. The molecule has 110 valence electrons. The monoisotopic (exact) mass is 276 g/mol. The van der Waals surface area contributed by atoms with Crippen LogP contribution in [0.25, 0.3) is 0 Å². The zero-order valence-electron chi connectivity index (χ0n) is 12.4. The molecule has 4 nitrogen and oxygen atoms in total. The molecule has 1 aliphatic rings. The molecule has 0 heterocycles. The van der Waals surface area contributed by atoms with Gasteiger partial charge in [-0.15, -0.1) is 0 Å².